The molecule has 12 rings (SSSR count). The summed E-state index contributed by atoms with van der Waals surface area (Å²) in [5, 5.41) is 13.1. The smallest absolute Gasteiger partial charge is 0.407 e. The van der Waals surface area contributed by atoms with Crippen LogP contribution in [0, 0.1) is 5.92 Å². The van der Waals surface area contributed by atoms with Crippen molar-refractivity contribution < 1.29 is 19.4 Å². The molecular formula is C62H78BrN13O4. The second kappa shape index (κ2) is 29.3. The average molecular weight is 1150 g/mol. The van der Waals surface area contributed by atoms with Crippen molar-refractivity contribution in [3.63, 3.8) is 0 Å². The van der Waals surface area contributed by atoms with Crippen LogP contribution in [0.15, 0.2) is 145 Å². The molecule has 0 unspecified atom stereocenters. The number of imidazole rings is 4. The summed E-state index contributed by atoms with van der Waals surface area (Å²) >= 11 is 3.45. The van der Waals surface area contributed by atoms with Gasteiger partial charge in [0.05, 0.1) is 78.8 Å². The van der Waals surface area contributed by atoms with Crippen LogP contribution in [0.1, 0.15) is 113 Å². The number of aliphatic hydroxyl groups is 1. The summed E-state index contributed by atoms with van der Waals surface area (Å²) in [6, 6.07) is 39.5. The quantitative estimate of drug-likeness (QED) is 0.0647. The molecule has 4 saturated heterocycles. The molecular weight excluding hydrogens is 1070 g/mol. The standard InChI is InChI=1S/C20H26N4O3.C14H16BrN3.C14H17N3.C13H15N3.CH4O/c1-13(2)17(23-20(26)27-3)19(25)24-11-7-10-16(24)18-21-12-15(22-18)14-8-5-4-6-9-14;1-18-8-2-3-13(18)14-16-9-12(17-14)10-4-6-11(15)7-5-10;1-17-9-5-8-13(17)14-15-10-12(16-14)11-6-3-2-4-7-11;1-2-5-10(6-3-1)12-9-15-13(16-12)11-7-4-8-14-11;1-2/h4-6,8-9,12-13,16-17H,7,10-11H2,1-3H3,(H,21,22)(H,23,26);4-7,9,13H,2-3,8H2,1H3,(H,16,17);2-4,6-7,10,13H,5,8-9H2,1H3,(H,15,16);1-3,5-6,9,11,14H,4,7-8H2,(H,15,16);2H,1H3/t16-,17-;2*13-;11-;/m0111./s1. The fraction of sp³-hybridized carbons (Fsp3) is 0.387. The Morgan fingerprint density at radius 2 is 0.963 bits per heavy atom. The molecule has 0 saturated carbocycles. The molecule has 80 heavy (non-hydrogen) atoms. The summed E-state index contributed by atoms with van der Waals surface area (Å²) in [6.45, 7) is 7.90. The van der Waals surface area contributed by atoms with Gasteiger partial charge in [-0.2, -0.15) is 0 Å². The Kier molecular flexibility index (Phi) is 21.6. The number of ether oxygens (including phenoxy) is 1. The number of likely N-dealkylation sites (tertiary alicyclic amines) is 3. The summed E-state index contributed by atoms with van der Waals surface area (Å²) in [5.74, 6) is 3.89. The zero-order valence-corrected chi connectivity index (χ0v) is 48.5. The minimum atomic E-state index is -0.624. The van der Waals surface area contributed by atoms with Gasteiger partial charge in [0.15, 0.2) is 0 Å². The van der Waals surface area contributed by atoms with E-state index in [1.165, 1.54) is 75.4 Å². The van der Waals surface area contributed by atoms with Gasteiger partial charge in [0.1, 0.15) is 29.3 Å². The molecule has 4 aliphatic rings. The number of halogens is 1. The van der Waals surface area contributed by atoms with Gasteiger partial charge >= 0.3 is 6.09 Å². The second-order valence-electron chi connectivity index (χ2n) is 20.8. The predicted octanol–water partition coefficient (Wildman–Crippen LogP) is 11.7. The van der Waals surface area contributed by atoms with Gasteiger partial charge in [-0.1, -0.05) is 133 Å². The third-order valence-electron chi connectivity index (χ3n) is 15.1. The Balaban J connectivity index is 0.000000142. The molecule has 2 amide bonds. The molecule has 8 heterocycles. The van der Waals surface area contributed by atoms with E-state index in [0.717, 1.165) is 82.6 Å². The summed E-state index contributed by atoms with van der Waals surface area (Å²) in [5.41, 5.74) is 8.87. The largest absolute Gasteiger partial charge is 0.453 e. The minimum absolute atomic E-state index is 0.0469. The predicted molar refractivity (Wildman–Crippen MR) is 319 cm³/mol. The normalized spacial score (nSPS) is 19.1. The molecule has 8 aromatic rings. The fourth-order valence-corrected chi connectivity index (χ4v) is 11.0. The van der Waals surface area contributed by atoms with Crippen LogP contribution in [-0.2, 0) is 9.53 Å². The van der Waals surface area contributed by atoms with Crippen molar-refractivity contribution >= 4 is 27.9 Å². The van der Waals surface area contributed by atoms with Crippen LogP contribution in [0.5, 0.6) is 0 Å². The molecule has 0 bridgehead atoms. The van der Waals surface area contributed by atoms with E-state index < -0.39 is 12.1 Å². The minimum Gasteiger partial charge on any atom is -0.453 e. The van der Waals surface area contributed by atoms with Gasteiger partial charge < -0.3 is 45.3 Å². The Morgan fingerprint density at radius 3 is 1.36 bits per heavy atom. The lowest BCUT2D eigenvalue weighted by Gasteiger charge is -2.30. The molecule has 4 fully saturated rings. The van der Waals surface area contributed by atoms with Crippen molar-refractivity contribution in [2.45, 2.75) is 95.4 Å². The summed E-state index contributed by atoms with van der Waals surface area (Å²) in [4.78, 5) is 63.0. The number of aromatic nitrogens is 8. The Labute approximate surface area is 479 Å². The maximum absolute atomic E-state index is 13.1. The highest BCUT2D eigenvalue weighted by molar-refractivity contribution is 9.10. The zero-order chi connectivity index (χ0) is 56.4. The van der Waals surface area contributed by atoms with Gasteiger partial charge in [-0.15, -0.1) is 0 Å². The van der Waals surface area contributed by atoms with Crippen molar-refractivity contribution in [1.29, 1.82) is 0 Å². The van der Waals surface area contributed by atoms with Crippen LogP contribution >= 0.6 is 15.9 Å². The van der Waals surface area contributed by atoms with E-state index in [1.54, 1.807) is 6.20 Å². The molecule has 5 atom stereocenters. The van der Waals surface area contributed by atoms with Gasteiger partial charge in [-0.05, 0) is 125 Å². The lowest BCUT2D eigenvalue weighted by Crippen LogP contribution is -2.51. The highest BCUT2D eigenvalue weighted by Crippen LogP contribution is 2.34. The van der Waals surface area contributed by atoms with E-state index in [4.69, 9.17) is 5.11 Å². The number of rotatable bonds is 11. The van der Waals surface area contributed by atoms with Crippen LogP contribution in [0.3, 0.4) is 0 Å². The lowest BCUT2D eigenvalue weighted by molar-refractivity contribution is -0.135. The van der Waals surface area contributed by atoms with Crippen molar-refractivity contribution in [3.8, 4) is 45.0 Å². The van der Waals surface area contributed by atoms with Gasteiger partial charge in [-0.25, -0.2) is 24.7 Å². The van der Waals surface area contributed by atoms with Gasteiger partial charge in [-0.3, -0.25) is 14.6 Å². The maximum Gasteiger partial charge on any atom is 0.407 e. The number of H-pyrrole nitrogens is 4. The number of nitrogens with one attached hydrogen (secondary N) is 6. The number of alkyl carbamates (subject to hydrolysis) is 1. The van der Waals surface area contributed by atoms with Gasteiger partial charge in [0, 0.05) is 18.1 Å². The van der Waals surface area contributed by atoms with E-state index in [9.17, 15) is 9.59 Å². The van der Waals surface area contributed by atoms with Crippen LogP contribution in [0.25, 0.3) is 45.0 Å². The first kappa shape index (κ1) is 58.9. The van der Waals surface area contributed by atoms with Crippen molar-refractivity contribution in [1.82, 2.24) is 65.2 Å². The van der Waals surface area contributed by atoms with E-state index in [-0.39, 0.29) is 17.9 Å². The van der Waals surface area contributed by atoms with E-state index in [1.807, 2.05) is 91.9 Å². The molecule has 0 aliphatic carbocycles. The number of amides is 2. The number of nitrogens with zero attached hydrogens (tertiary/aromatic N) is 7. The second-order valence-corrected chi connectivity index (χ2v) is 21.7. The first-order valence-corrected chi connectivity index (χ1v) is 28.7. The third kappa shape index (κ3) is 15.4. The molecule has 0 spiro atoms. The number of hydrogen-bond acceptors (Lipinski definition) is 11. The number of aromatic amines is 4. The molecule has 17 nitrogen and oxygen atoms in total. The van der Waals surface area contributed by atoms with E-state index >= 15 is 0 Å². The highest BCUT2D eigenvalue weighted by atomic mass is 79.9. The topological polar surface area (TPSA) is 212 Å². The van der Waals surface area contributed by atoms with Crippen molar-refractivity contribution in [2.24, 2.45) is 5.92 Å². The summed E-state index contributed by atoms with van der Waals surface area (Å²) < 4.78 is 5.77. The van der Waals surface area contributed by atoms with Crippen LogP contribution in [0.2, 0.25) is 0 Å². The van der Waals surface area contributed by atoms with Crippen molar-refractivity contribution in [2.75, 3.05) is 54.5 Å². The number of carbonyl (C=O) groups excluding carboxylic acids is 2. The Bertz CT molecular complexity index is 3100. The monoisotopic (exact) mass is 1150 g/mol. The summed E-state index contributed by atoms with van der Waals surface area (Å²) in [6.07, 6.45) is 16.1. The first-order valence-electron chi connectivity index (χ1n) is 27.9. The third-order valence-corrected chi connectivity index (χ3v) is 15.6. The van der Waals surface area contributed by atoms with E-state index in [0.29, 0.717) is 24.7 Å². The lowest BCUT2D eigenvalue weighted by atomic mass is 10.0. The molecule has 422 valence electrons. The molecule has 7 N–H and O–H groups in total. The fourth-order valence-electron chi connectivity index (χ4n) is 10.7. The molecule has 4 aromatic carbocycles. The number of aliphatic hydroxyl groups excluding tert-OH is 1. The number of carbonyl (C=O) groups is 2. The zero-order valence-electron chi connectivity index (χ0n) is 46.9. The molecule has 0 radical (unpaired) electrons. The van der Waals surface area contributed by atoms with Crippen LogP contribution in [-0.4, -0.2) is 132 Å². The van der Waals surface area contributed by atoms with E-state index in [2.05, 4.69) is 156 Å². The molecule has 4 aliphatic heterocycles. The summed E-state index contributed by atoms with van der Waals surface area (Å²) in [7, 11) is 6.63. The SMILES string of the molecule is CN1CCC[C@@H]1c1ncc(-c2ccc(Br)cc2)[nH]1.CN1CCC[C@@H]1c1ncc(-c2ccccc2)[nH]1.CO.COC(=O)N[C@H](C(=O)N1CCC[C@H]1c1ncc(-c2ccccc2)[nH]1)C(C)C.c1ccc(-c2cnc([C@H]3CCCN3)[nH]2)cc1. The van der Waals surface area contributed by atoms with Gasteiger partial charge in [0.2, 0.25) is 5.91 Å². The molecule has 4 aromatic heterocycles. The maximum atomic E-state index is 13.1. The number of methoxy groups -OCH3 is 1. The van der Waals surface area contributed by atoms with Crippen LogP contribution < -0.4 is 10.6 Å². The van der Waals surface area contributed by atoms with Crippen molar-refractivity contribution in [3.05, 3.63) is 168 Å². The number of benzene rings is 4. The molecule has 18 heteroatoms. The number of hydrogen-bond donors (Lipinski definition) is 7. The first-order chi connectivity index (χ1) is 39.0. The average Bonchev–Trinajstić information content (AvgIpc) is 4.37. The highest BCUT2D eigenvalue weighted by Gasteiger charge is 2.37. The van der Waals surface area contributed by atoms with Gasteiger partial charge in [0.25, 0.3) is 0 Å². The van der Waals surface area contributed by atoms with Crippen LogP contribution in [0.4, 0.5) is 4.79 Å². The Hall–Kier alpha value is -7.22. The Morgan fingerprint density at radius 1 is 0.562 bits per heavy atom.